The molecular weight excluding hydrogens is 302 g/mol. The maximum atomic E-state index is 12.2. The molecule has 0 N–H and O–H groups in total. The number of hydrogen-bond donors (Lipinski definition) is 0. The molecule has 1 amide bonds. The molecule has 3 heterocycles. The molecule has 6 heteroatoms. The Hall–Kier alpha value is -1.49. The van der Waals surface area contributed by atoms with E-state index in [0.717, 1.165) is 25.2 Å². The van der Waals surface area contributed by atoms with Crippen molar-refractivity contribution in [3.8, 4) is 0 Å². The maximum Gasteiger partial charge on any atom is 0.410 e. The molecule has 0 radical (unpaired) electrons. The summed E-state index contributed by atoms with van der Waals surface area (Å²) < 4.78 is 5.48. The quantitative estimate of drug-likeness (QED) is 0.745. The van der Waals surface area contributed by atoms with Gasteiger partial charge in [0.1, 0.15) is 10.8 Å². The molecule has 0 spiro atoms. The van der Waals surface area contributed by atoms with Gasteiger partial charge in [0, 0.05) is 25.6 Å². The number of halogens is 1. The highest BCUT2D eigenvalue weighted by Gasteiger charge is 2.44. The van der Waals surface area contributed by atoms with Crippen molar-refractivity contribution < 1.29 is 9.53 Å². The minimum Gasteiger partial charge on any atom is -0.444 e. The molecule has 5 nitrogen and oxygen atoms in total. The molecule has 0 aliphatic carbocycles. The third kappa shape index (κ3) is 3.14. The first-order valence-electron chi connectivity index (χ1n) is 7.69. The van der Waals surface area contributed by atoms with Crippen molar-refractivity contribution in [2.75, 3.05) is 24.5 Å². The lowest BCUT2D eigenvalue weighted by atomic mass is 10.1. The number of amides is 1. The molecule has 2 unspecified atom stereocenters. The van der Waals surface area contributed by atoms with Crippen molar-refractivity contribution in [2.24, 2.45) is 5.92 Å². The normalized spacial score (nSPS) is 24.5. The molecule has 1 aromatic heterocycles. The summed E-state index contributed by atoms with van der Waals surface area (Å²) in [7, 11) is 0. The smallest absolute Gasteiger partial charge is 0.410 e. The van der Waals surface area contributed by atoms with Crippen LogP contribution in [-0.2, 0) is 4.74 Å². The molecule has 3 rings (SSSR count). The first-order chi connectivity index (χ1) is 10.3. The molecule has 22 heavy (non-hydrogen) atoms. The standard InChI is InChI=1S/C16H22ClN3O2/c1-16(2,3)22-15(21)19-9-11-6-7-20(13(11)10-19)12-4-5-14(17)18-8-12/h4-5,8,11,13H,6-7,9-10H2,1-3H3. The number of nitrogens with zero attached hydrogens (tertiary/aromatic N) is 3. The zero-order valence-corrected chi connectivity index (χ0v) is 14.0. The highest BCUT2D eigenvalue weighted by Crippen LogP contribution is 2.35. The molecule has 2 atom stereocenters. The van der Waals surface area contributed by atoms with Crippen LogP contribution in [0.5, 0.6) is 0 Å². The van der Waals surface area contributed by atoms with Gasteiger partial charge in [-0.25, -0.2) is 9.78 Å². The van der Waals surface area contributed by atoms with Crippen LogP contribution in [0.1, 0.15) is 27.2 Å². The van der Waals surface area contributed by atoms with Gasteiger partial charge in [0.15, 0.2) is 0 Å². The molecule has 0 bridgehead atoms. The predicted molar refractivity (Wildman–Crippen MR) is 86.3 cm³/mol. The highest BCUT2D eigenvalue weighted by atomic mass is 35.5. The van der Waals surface area contributed by atoms with Crippen LogP contribution < -0.4 is 4.90 Å². The van der Waals surface area contributed by atoms with Crippen LogP contribution in [0.3, 0.4) is 0 Å². The number of aromatic nitrogens is 1. The van der Waals surface area contributed by atoms with E-state index in [1.807, 2.05) is 37.8 Å². The van der Waals surface area contributed by atoms with Gasteiger partial charge >= 0.3 is 6.09 Å². The minimum absolute atomic E-state index is 0.212. The highest BCUT2D eigenvalue weighted by molar-refractivity contribution is 6.29. The Morgan fingerprint density at radius 3 is 2.77 bits per heavy atom. The first-order valence-corrected chi connectivity index (χ1v) is 8.07. The largest absolute Gasteiger partial charge is 0.444 e. The van der Waals surface area contributed by atoms with Crippen LogP contribution in [-0.4, -0.2) is 47.3 Å². The SMILES string of the molecule is CC(C)(C)OC(=O)N1CC2CCN(c3ccc(Cl)nc3)C2C1. The van der Waals surface area contributed by atoms with Crippen LogP contribution in [0, 0.1) is 5.92 Å². The van der Waals surface area contributed by atoms with Gasteiger partial charge in [-0.2, -0.15) is 0 Å². The van der Waals surface area contributed by atoms with Crippen LogP contribution in [0.25, 0.3) is 0 Å². The van der Waals surface area contributed by atoms with Gasteiger partial charge in [0.05, 0.1) is 17.9 Å². The van der Waals surface area contributed by atoms with Crippen molar-refractivity contribution in [3.63, 3.8) is 0 Å². The lowest BCUT2D eigenvalue weighted by Crippen LogP contribution is -2.39. The van der Waals surface area contributed by atoms with Crippen molar-refractivity contribution in [1.29, 1.82) is 0 Å². The Balaban J connectivity index is 1.68. The van der Waals surface area contributed by atoms with E-state index >= 15 is 0 Å². The average Bonchev–Trinajstić information content (AvgIpc) is 2.97. The van der Waals surface area contributed by atoms with E-state index < -0.39 is 5.60 Å². The van der Waals surface area contributed by atoms with Gasteiger partial charge in [-0.15, -0.1) is 0 Å². The second-order valence-electron chi connectivity index (χ2n) is 7.03. The molecule has 0 aromatic carbocycles. The van der Waals surface area contributed by atoms with Crippen molar-refractivity contribution in [3.05, 3.63) is 23.5 Å². The Labute approximate surface area is 136 Å². The lowest BCUT2D eigenvalue weighted by molar-refractivity contribution is 0.0284. The fraction of sp³-hybridized carbons (Fsp3) is 0.625. The zero-order valence-electron chi connectivity index (χ0n) is 13.3. The summed E-state index contributed by atoms with van der Waals surface area (Å²) in [6.07, 6.45) is 2.68. The number of carbonyl (C=O) groups excluding carboxylic acids is 1. The lowest BCUT2D eigenvalue weighted by Gasteiger charge is -2.28. The summed E-state index contributed by atoms with van der Waals surface area (Å²) in [5.41, 5.74) is 0.622. The number of ether oxygens (including phenoxy) is 1. The average molecular weight is 324 g/mol. The Bertz CT molecular complexity index is 556. The van der Waals surface area contributed by atoms with Gasteiger partial charge in [0.2, 0.25) is 0 Å². The molecule has 2 aliphatic heterocycles. The molecule has 2 fully saturated rings. The monoisotopic (exact) mass is 323 g/mol. The van der Waals surface area contributed by atoms with E-state index in [9.17, 15) is 4.79 Å². The van der Waals surface area contributed by atoms with Crippen molar-refractivity contribution >= 4 is 23.4 Å². The summed E-state index contributed by atoms with van der Waals surface area (Å²) in [4.78, 5) is 20.6. The predicted octanol–water partition coefficient (Wildman–Crippen LogP) is 3.18. The minimum atomic E-state index is -0.450. The second-order valence-corrected chi connectivity index (χ2v) is 7.42. The number of hydrogen-bond acceptors (Lipinski definition) is 4. The maximum absolute atomic E-state index is 12.2. The van der Waals surface area contributed by atoms with Crippen LogP contribution in [0.4, 0.5) is 10.5 Å². The zero-order chi connectivity index (χ0) is 15.9. The number of pyridine rings is 1. The van der Waals surface area contributed by atoms with E-state index in [1.165, 1.54) is 0 Å². The summed E-state index contributed by atoms with van der Waals surface area (Å²) >= 11 is 5.86. The molecule has 1 aromatic rings. The molecule has 2 saturated heterocycles. The van der Waals surface area contributed by atoms with Crippen LogP contribution in [0.15, 0.2) is 18.3 Å². The number of fused-ring (bicyclic) bond motifs is 1. The molecule has 120 valence electrons. The Morgan fingerprint density at radius 1 is 1.36 bits per heavy atom. The van der Waals surface area contributed by atoms with E-state index in [-0.39, 0.29) is 6.09 Å². The van der Waals surface area contributed by atoms with Gasteiger partial charge in [-0.3, -0.25) is 0 Å². The number of likely N-dealkylation sites (tertiary alicyclic amines) is 1. The van der Waals surface area contributed by atoms with Crippen molar-refractivity contribution in [1.82, 2.24) is 9.88 Å². The Kier molecular flexibility index (Phi) is 3.93. The molecule has 2 aliphatic rings. The fourth-order valence-corrected chi connectivity index (χ4v) is 3.41. The molecule has 0 saturated carbocycles. The van der Waals surface area contributed by atoms with Gasteiger partial charge in [-0.1, -0.05) is 11.6 Å². The third-order valence-electron chi connectivity index (χ3n) is 4.24. The number of anilines is 1. The van der Waals surface area contributed by atoms with Crippen LogP contribution >= 0.6 is 11.6 Å². The second kappa shape index (κ2) is 5.61. The summed E-state index contributed by atoms with van der Waals surface area (Å²) in [6, 6.07) is 4.15. The van der Waals surface area contributed by atoms with E-state index in [0.29, 0.717) is 23.7 Å². The van der Waals surface area contributed by atoms with Crippen molar-refractivity contribution in [2.45, 2.75) is 38.8 Å². The number of rotatable bonds is 1. The Morgan fingerprint density at radius 2 is 2.14 bits per heavy atom. The topological polar surface area (TPSA) is 45.7 Å². The van der Waals surface area contributed by atoms with Gasteiger partial charge in [0.25, 0.3) is 0 Å². The molecular formula is C16H22ClN3O2. The number of carbonyl (C=O) groups is 1. The fourth-order valence-electron chi connectivity index (χ4n) is 3.30. The summed E-state index contributed by atoms with van der Waals surface area (Å²) in [6.45, 7) is 8.18. The van der Waals surface area contributed by atoms with E-state index in [1.54, 1.807) is 6.20 Å². The van der Waals surface area contributed by atoms with E-state index in [4.69, 9.17) is 16.3 Å². The summed E-state index contributed by atoms with van der Waals surface area (Å²) in [5.74, 6) is 0.503. The van der Waals surface area contributed by atoms with Gasteiger partial charge in [-0.05, 0) is 39.3 Å². The first kappa shape index (κ1) is 15.4. The van der Waals surface area contributed by atoms with Crippen LogP contribution in [0.2, 0.25) is 5.15 Å². The third-order valence-corrected chi connectivity index (χ3v) is 4.47. The van der Waals surface area contributed by atoms with E-state index in [2.05, 4.69) is 9.88 Å². The van der Waals surface area contributed by atoms with Gasteiger partial charge < -0.3 is 14.5 Å². The summed E-state index contributed by atoms with van der Waals surface area (Å²) in [5, 5.41) is 0.501.